The number of nitrogens with one attached hydrogen (secondary N) is 1. The average molecular weight is 288 g/mol. The quantitative estimate of drug-likeness (QED) is 0.911. The first-order chi connectivity index (χ1) is 9.19. The number of aromatic carboxylic acids is 1. The summed E-state index contributed by atoms with van der Waals surface area (Å²) in [6.07, 6.45) is -5.52. The third-order valence-electron chi connectivity index (χ3n) is 2.93. The van der Waals surface area contributed by atoms with Crippen molar-refractivity contribution in [2.75, 3.05) is 0 Å². The third kappa shape index (κ3) is 2.68. The van der Waals surface area contributed by atoms with Gasteiger partial charge in [-0.05, 0) is 25.1 Å². The number of alkyl halides is 3. The van der Waals surface area contributed by atoms with Crippen molar-refractivity contribution in [3.8, 4) is 0 Å². The number of H-pyrrole nitrogens is 1. The highest BCUT2D eigenvalue weighted by molar-refractivity contribution is 5.92. The van der Waals surface area contributed by atoms with Gasteiger partial charge >= 0.3 is 17.8 Å². The number of imidazole rings is 1. The summed E-state index contributed by atoms with van der Waals surface area (Å²) in [5.41, 5.74) is -0.297. The highest BCUT2D eigenvalue weighted by Crippen LogP contribution is 2.28. The molecule has 2 rings (SSSR count). The molecule has 0 fully saturated rings. The molecule has 1 unspecified atom stereocenters. The van der Waals surface area contributed by atoms with Crippen molar-refractivity contribution in [2.24, 2.45) is 0 Å². The fraction of sp³-hybridized carbons (Fsp3) is 0.333. The third-order valence-corrected chi connectivity index (χ3v) is 2.93. The molecule has 0 aliphatic carbocycles. The van der Waals surface area contributed by atoms with Gasteiger partial charge < -0.3 is 10.1 Å². The maximum absolute atomic E-state index is 12.4. The summed E-state index contributed by atoms with van der Waals surface area (Å²) in [7, 11) is 0. The maximum atomic E-state index is 12.4. The van der Waals surface area contributed by atoms with E-state index in [-0.39, 0.29) is 16.6 Å². The lowest BCUT2D eigenvalue weighted by molar-refractivity contribution is -0.141. The van der Waals surface area contributed by atoms with Crippen LogP contribution in [-0.4, -0.2) is 26.8 Å². The second kappa shape index (κ2) is 4.69. The van der Waals surface area contributed by atoms with Gasteiger partial charge in [0, 0.05) is 6.04 Å². The van der Waals surface area contributed by atoms with Crippen molar-refractivity contribution in [1.29, 1.82) is 0 Å². The number of carboxylic acids is 1. The van der Waals surface area contributed by atoms with E-state index in [0.29, 0.717) is 0 Å². The van der Waals surface area contributed by atoms with Gasteiger partial charge in [0.25, 0.3) is 0 Å². The number of carbonyl (C=O) groups is 1. The first kappa shape index (κ1) is 14.2. The Morgan fingerprint density at radius 3 is 2.65 bits per heavy atom. The molecule has 2 N–H and O–H groups in total. The molecule has 8 heteroatoms. The number of rotatable bonds is 3. The van der Waals surface area contributed by atoms with E-state index in [1.54, 1.807) is 0 Å². The standard InChI is InChI=1S/C12H11F3N2O3/c1-6(5-12(13,14)15)17-9-3-2-7(10(18)19)4-8(9)16-11(17)20/h2-4,6H,5H2,1H3,(H,16,20)(H,18,19). The zero-order chi connectivity index (χ0) is 15.1. The van der Waals surface area contributed by atoms with Gasteiger partial charge in [-0.2, -0.15) is 13.2 Å². The molecule has 0 aliphatic heterocycles. The van der Waals surface area contributed by atoms with Crippen molar-refractivity contribution >= 4 is 17.0 Å². The van der Waals surface area contributed by atoms with E-state index >= 15 is 0 Å². The molecule has 0 radical (unpaired) electrons. The van der Waals surface area contributed by atoms with E-state index in [1.807, 2.05) is 0 Å². The number of halogens is 3. The smallest absolute Gasteiger partial charge is 0.391 e. The summed E-state index contributed by atoms with van der Waals surface area (Å²) >= 11 is 0. The average Bonchev–Trinajstić information content (AvgIpc) is 2.61. The maximum Gasteiger partial charge on any atom is 0.391 e. The number of nitrogens with zero attached hydrogens (tertiary/aromatic N) is 1. The summed E-state index contributed by atoms with van der Waals surface area (Å²) in [5.74, 6) is -1.18. The van der Waals surface area contributed by atoms with Crippen LogP contribution in [0.25, 0.3) is 11.0 Å². The predicted molar refractivity (Wildman–Crippen MR) is 64.9 cm³/mol. The van der Waals surface area contributed by atoms with Gasteiger partial charge in [-0.1, -0.05) is 0 Å². The van der Waals surface area contributed by atoms with Gasteiger partial charge in [0.15, 0.2) is 0 Å². The van der Waals surface area contributed by atoms with Gasteiger partial charge in [0.2, 0.25) is 0 Å². The Labute approximate surface area is 110 Å². The van der Waals surface area contributed by atoms with Gasteiger partial charge in [-0.25, -0.2) is 9.59 Å². The minimum absolute atomic E-state index is 0.0469. The molecule has 20 heavy (non-hydrogen) atoms. The summed E-state index contributed by atoms with van der Waals surface area (Å²) in [5, 5.41) is 8.83. The van der Waals surface area contributed by atoms with Crippen molar-refractivity contribution in [2.45, 2.75) is 25.6 Å². The monoisotopic (exact) mass is 288 g/mol. The van der Waals surface area contributed by atoms with E-state index < -0.39 is 30.3 Å². The molecule has 0 amide bonds. The van der Waals surface area contributed by atoms with Crippen molar-refractivity contribution < 1.29 is 23.1 Å². The molecule has 5 nitrogen and oxygen atoms in total. The Morgan fingerprint density at radius 2 is 2.10 bits per heavy atom. The number of aromatic amines is 1. The Balaban J connectivity index is 2.52. The van der Waals surface area contributed by atoms with E-state index in [9.17, 15) is 22.8 Å². The largest absolute Gasteiger partial charge is 0.478 e. The van der Waals surface area contributed by atoms with E-state index in [2.05, 4.69) is 4.98 Å². The second-order valence-electron chi connectivity index (χ2n) is 4.51. The molecule has 1 atom stereocenters. The SMILES string of the molecule is CC(CC(F)(F)F)n1c(=O)[nH]c2cc(C(=O)O)ccc21. The lowest BCUT2D eigenvalue weighted by Crippen LogP contribution is -2.24. The van der Waals surface area contributed by atoms with Crippen molar-refractivity contribution in [1.82, 2.24) is 9.55 Å². The van der Waals surface area contributed by atoms with Crippen LogP contribution in [-0.2, 0) is 0 Å². The molecule has 0 spiro atoms. The van der Waals surface area contributed by atoms with E-state index in [1.165, 1.54) is 25.1 Å². The van der Waals surface area contributed by atoms with Gasteiger partial charge in [-0.3, -0.25) is 4.57 Å². The molecule has 1 aromatic heterocycles. The van der Waals surface area contributed by atoms with Crippen LogP contribution in [0.4, 0.5) is 13.2 Å². The molecule has 1 heterocycles. The van der Waals surface area contributed by atoms with Crippen LogP contribution in [0.2, 0.25) is 0 Å². The minimum Gasteiger partial charge on any atom is -0.478 e. The zero-order valence-electron chi connectivity index (χ0n) is 10.4. The minimum atomic E-state index is -4.39. The normalized spacial score (nSPS) is 13.6. The molecule has 0 saturated carbocycles. The topological polar surface area (TPSA) is 75.1 Å². The molecule has 2 aromatic rings. The Hall–Kier alpha value is -2.25. The Kier molecular flexibility index (Phi) is 3.33. The fourth-order valence-electron chi connectivity index (χ4n) is 2.13. The van der Waals surface area contributed by atoms with Gasteiger partial charge in [-0.15, -0.1) is 0 Å². The number of aromatic nitrogens is 2. The first-order valence-electron chi connectivity index (χ1n) is 5.73. The van der Waals surface area contributed by atoms with Crippen LogP contribution in [0.1, 0.15) is 29.7 Å². The predicted octanol–water partition coefficient (Wildman–Crippen LogP) is 2.54. The molecule has 1 aromatic carbocycles. The van der Waals surface area contributed by atoms with E-state index in [0.717, 1.165) is 4.57 Å². The van der Waals surface area contributed by atoms with Crippen LogP contribution in [0.5, 0.6) is 0 Å². The molecular formula is C12H11F3N2O3. The van der Waals surface area contributed by atoms with Gasteiger partial charge in [0.05, 0.1) is 23.0 Å². The highest BCUT2D eigenvalue weighted by Gasteiger charge is 2.31. The lowest BCUT2D eigenvalue weighted by atomic mass is 10.2. The van der Waals surface area contributed by atoms with E-state index in [4.69, 9.17) is 5.11 Å². The Bertz CT molecular complexity index is 715. The highest BCUT2D eigenvalue weighted by atomic mass is 19.4. The van der Waals surface area contributed by atoms with Crippen LogP contribution >= 0.6 is 0 Å². The molecule has 0 bridgehead atoms. The summed E-state index contributed by atoms with van der Waals surface area (Å²) in [6, 6.07) is 2.71. The first-order valence-corrected chi connectivity index (χ1v) is 5.73. The molecule has 108 valence electrons. The number of fused-ring (bicyclic) bond motifs is 1. The molecule has 0 saturated heterocycles. The number of benzene rings is 1. The number of carboxylic acid groups (broad SMARTS) is 1. The van der Waals surface area contributed by atoms with Crippen LogP contribution < -0.4 is 5.69 Å². The van der Waals surface area contributed by atoms with Gasteiger partial charge in [0.1, 0.15) is 0 Å². The number of hydrogen-bond acceptors (Lipinski definition) is 2. The second-order valence-corrected chi connectivity index (χ2v) is 4.51. The molecule has 0 aliphatic rings. The summed E-state index contributed by atoms with van der Waals surface area (Å²) < 4.78 is 38.2. The summed E-state index contributed by atoms with van der Waals surface area (Å²) in [6.45, 7) is 1.28. The Morgan fingerprint density at radius 1 is 1.45 bits per heavy atom. The van der Waals surface area contributed by atoms with Crippen molar-refractivity contribution in [3.63, 3.8) is 0 Å². The summed E-state index contributed by atoms with van der Waals surface area (Å²) in [4.78, 5) is 24.9. The number of hydrogen-bond donors (Lipinski definition) is 2. The van der Waals surface area contributed by atoms with Crippen LogP contribution in [0, 0.1) is 0 Å². The van der Waals surface area contributed by atoms with Crippen molar-refractivity contribution in [3.05, 3.63) is 34.2 Å². The van der Waals surface area contributed by atoms with Crippen LogP contribution in [0.3, 0.4) is 0 Å². The van der Waals surface area contributed by atoms with Crippen LogP contribution in [0.15, 0.2) is 23.0 Å². The lowest BCUT2D eigenvalue weighted by Gasteiger charge is -2.15. The zero-order valence-corrected chi connectivity index (χ0v) is 10.4. The molecular weight excluding hydrogens is 277 g/mol. The fourth-order valence-corrected chi connectivity index (χ4v) is 2.13.